The van der Waals surface area contributed by atoms with E-state index < -0.39 is 0 Å². The number of aromatic nitrogens is 3. The fourth-order valence-corrected chi connectivity index (χ4v) is 1.57. The van der Waals surface area contributed by atoms with Crippen molar-refractivity contribution in [3.8, 4) is 0 Å². The Morgan fingerprint density at radius 1 is 1.33 bits per heavy atom. The van der Waals surface area contributed by atoms with Gasteiger partial charge in [0.1, 0.15) is 5.82 Å². The summed E-state index contributed by atoms with van der Waals surface area (Å²) in [7, 11) is 4.08. The Bertz CT molecular complexity index is 463. The molecule has 0 radical (unpaired) electrons. The Kier molecular flexibility index (Phi) is 2.88. The molecular weight excluding hydrogens is 212 g/mol. The summed E-state index contributed by atoms with van der Waals surface area (Å²) in [6.07, 6.45) is 2.72. The molecule has 0 aromatic carbocycles. The van der Waals surface area contributed by atoms with Gasteiger partial charge in [-0.15, -0.1) is 10.2 Å². The van der Waals surface area contributed by atoms with Crippen LogP contribution in [-0.2, 0) is 6.42 Å². The highest BCUT2D eigenvalue weighted by Crippen LogP contribution is 2.11. The van der Waals surface area contributed by atoms with Gasteiger partial charge in [-0.25, -0.2) is 0 Å². The zero-order valence-electron chi connectivity index (χ0n) is 8.81. The van der Waals surface area contributed by atoms with Gasteiger partial charge in [0, 0.05) is 19.2 Å². The van der Waals surface area contributed by atoms with Crippen molar-refractivity contribution < 1.29 is 0 Å². The first kappa shape index (κ1) is 10.4. The molecular formula is C10H13ClN4. The smallest absolute Gasteiger partial charge is 0.160 e. The van der Waals surface area contributed by atoms with Crippen LogP contribution in [0.15, 0.2) is 18.3 Å². The molecule has 0 aliphatic rings. The van der Waals surface area contributed by atoms with E-state index in [0.29, 0.717) is 5.02 Å². The summed E-state index contributed by atoms with van der Waals surface area (Å²) < 4.78 is 1.94. The maximum absolute atomic E-state index is 5.92. The van der Waals surface area contributed by atoms with Crippen LogP contribution in [0.2, 0.25) is 5.02 Å². The first-order valence-electron chi connectivity index (χ1n) is 4.81. The van der Waals surface area contributed by atoms with Gasteiger partial charge < -0.3 is 4.90 Å². The van der Waals surface area contributed by atoms with Crippen LogP contribution < -0.4 is 0 Å². The summed E-state index contributed by atoms with van der Waals surface area (Å²) in [6, 6.07) is 3.69. The van der Waals surface area contributed by atoms with Crippen LogP contribution in [0, 0.1) is 0 Å². The van der Waals surface area contributed by atoms with E-state index in [-0.39, 0.29) is 0 Å². The molecule has 0 spiro atoms. The molecule has 15 heavy (non-hydrogen) atoms. The second kappa shape index (κ2) is 4.16. The summed E-state index contributed by atoms with van der Waals surface area (Å²) in [4.78, 5) is 2.12. The fraction of sp³-hybridized carbons (Fsp3) is 0.400. The lowest BCUT2D eigenvalue weighted by atomic mass is 10.4. The Hall–Kier alpha value is -1.13. The van der Waals surface area contributed by atoms with Gasteiger partial charge in [0.15, 0.2) is 5.65 Å². The number of hydrogen-bond acceptors (Lipinski definition) is 3. The Morgan fingerprint density at radius 2 is 2.13 bits per heavy atom. The normalized spacial score (nSPS) is 11.5. The fourth-order valence-electron chi connectivity index (χ4n) is 1.41. The SMILES string of the molecule is CN(C)CCc1nnc2ccc(Cl)cn12. The topological polar surface area (TPSA) is 33.4 Å². The summed E-state index contributed by atoms with van der Waals surface area (Å²) in [6.45, 7) is 0.952. The minimum atomic E-state index is 0.702. The third-order valence-corrected chi connectivity index (χ3v) is 2.44. The zero-order chi connectivity index (χ0) is 10.8. The highest BCUT2D eigenvalue weighted by atomic mass is 35.5. The van der Waals surface area contributed by atoms with Crippen molar-refractivity contribution in [2.45, 2.75) is 6.42 Å². The van der Waals surface area contributed by atoms with Crippen LogP contribution in [0.3, 0.4) is 0 Å². The van der Waals surface area contributed by atoms with Crippen molar-refractivity contribution in [3.05, 3.63) is 29.2 Å². The monoisotopic (exact) mass is 224 g/mol. The average Bonchev–Trinajstić information content (AvgIpc) is 2.57. The predicted molar refractivity (Wildman–Crippen MR) is 60.3 cm³/mol. The molecule has 2 heterocycles. The lowest BCUT2D eigenvalue weighted by molar-refractivity contribution is 0.409. The van der Waals surface area contributed by atoms with Crippen LogP contribution in [0.5, 0.6) is 0 Å². The number of rotatable bonds is 3. The standard InChI is InChI=1S/C10H13ClN4/c1-14(2)6-5-10-13-12-9-4-3-8(11)7-15(9)10/h3-4,7H,5-6H2,1-2H3. The van der Waals surface area contributed by atoms with E-state index in [2.05, 4.69) is 15.1 Å². The zero-order valence-corrected chi connectivity index (χ0v) is 9.57. The van der Waals surface area contributed by atoms with E-state index >= 15 is 0 Å². The molecule has 5 heteroatoms. The van der Waals surface area contributed by atoms with Crippen LogP contribution in [0.1, 0.15) is 5.82 Å². The highest BCUT2D eigenvalue weighted by Gasteiger charge is 2.05. The van der Waals surface area contributed by atoms with Crippen molar-refractivity contribution in [1.29, 1.82) is 0 Å². The third-order valence-electron chi connectivity index (χ3n) is 2.22. The van der Waals surface area contributed by atoms with Crippen LogP contribution >= 0.6 is 11.6 Å². The van der Waals surface area contributed by atoms with E-state index in [4.69, 9.17) is 11.6 Å². The van der Waals surface area contributed by atoms with Gasteiger partial charge in [-0.05, 0) is 26.2 Å². The van der Waals surface area contributed by atoms with E-state index in [1.807, 2.05) is 36.8 Å². The molecule has 80 valence electrons. The molecule has 0 saturated heterocycles. The predicted octanol–water partition coefficient (Wildman–Crippen LogP) is 1.49. The summed E-state index contributed by atoms with van der Waals surface area (Å²) in [5.41, 5.74) is 0.841. The van der Waals surface area contributed by atoms with Crippen molar-refractivity contribution in [3.63, 3.8) is 0 Å². The maximum Gasteiger partial charge on any atom is 0.160 e. The van der Waals surface area contributed by atoms with E-state index in [0.717, 1.165) is 24.4 Å². The number of nitrogens with zero attached hydrogens (tertiary/aromatic N) is 4. The quantitative estimate of drug-likeness (QED) is 0.792. The molecule has 2 rings (SSSR count). The second-order valence-corrected chi connectivity index (χ2v) is 4.18. The number of pyridine rings is 1. The summed E-state index contributed by atoms with van der Waals surface area (Å²) >= 11 is 5.92. The number of likely N-dealkylation sites (N-methyl/N-ethyl adjacent to an activating group) is 1. The van der Waals surface area contributed by atoms with Gasteiger partial charge in [-0.1, -0.05) is 11.6 Å². The molecule has 0 saturated carbocycles. The third kappa shape index (κ3) is 2.27. The molecule has 0 amide bonds. The Balaban J connectivity index is 2.31. The van der Waals surface area contributed by atoms with Gasteiger partial charge in [0.25, 0.3) is 0 Å². The molecule has 0 aliphatic heterocycles. The number of hydrogen-bond donors (Lipinski definition) is 0. The summed E-state index contributed by atoms with van der Waals surface area (Å²) in [5, 5.41) is 8.91. The van der Waals surface area contributed by atoms with Gasteiger partial charge in [-0.3, -0.25) is 4.40 Å². The molecule has 0 bridgehead atoms. The lowest BCUT2D eigenvalue weighted by Crippen LogP contribution is -2.16. The Labute approximate surface area is 93.5 Å². The molecule has 0 aliphatic carbocycles. The minimum Gasteiger partial charge on any atom is -0.309 e. The largest absolute Gasteiger partial charge is 0.309 e. The van der Waals surface area contributed by atoms with Gasteiger partial charge in [0.2, 0.25) is 0 Å². The molecule has 0 atom stereocenters. The van der Waals surface area contributed by atoms with E-state index in [9.17, 15) is 0 Å². The molecule has 0 N–H and O–H groups in total. The van der Waals surface area contributed by atoms with Crippen molar-refractivity contribution in [1.82, 2.24) is 19.5 Å². The molecule has 0 unspecified atom stereocenters. The van der Waals surface area contributed by atoms with E-state index in [1.165, 1.54) is 0 Å². The van der Waals surface area contributed by atoms with Crippen LogP contribution in [-0.4, -0.2) is 40.1 Å². The van der Waals surface area contributed by atoms with Crippen LogP contribution in [0.4, 0.5) is 0 Å². The lowest BCUT2D eigenvalue weighted by Gasteiger charge is -2.07. The Morgan fingerprint density at radius 3 is 2.87 bits per heavy atom. The minimum absolute atomic E-state index is 0.702. The van der Waals surface area contributed by atoms with Crippen molar-refractivity contribution >= 4 is 17.2 Å². The maximum atomic E-state index is 5.92. The number of fused-ring (bicyclic) bond motifs is 1. The van der Waals surface area contributed by atoms with Crippen molar-refractivity contribution in [2.24, 2.45) is 0 Å². The van der Waals surface area contributed by atoms with Gasteiger partial charge in [0.05, 0.1) is 5.02 Å². The van der Waals surface area contributed by atoms with Crippen molar-refractivity contribution in [2.75, 3.05) is 20.6 Å². The first-order chi connectivity index (χ1) is 7.16. The van der Waals surface area contributed by atoms with E-state index in [1.54, 1.807) is 0 Å². The van der Waals surface area contributed by atoms with Crippen LogP contribution in [0.25, 0.3) is 5.65 Å². The van der Waals surface area contributed by atoms with Gasteiger partial charge in [-0.2, -0.15) is 0 Å². The first-order valence-corrected chi connectivity index (χ1v) is 5.18. The molecule has 2 aromatic heterocycles. The average molecular weight is 225 g/mol. The number of halogens is 1. The molecule has 2 aromatic rings. The van der Waals surface area contributed by atoms with Gasteiger partial charge >= 0.3 is 0 Å². The second-order valence-electron chi connectivity index (χ2n) is 3.75. The highest BCUT2D eigenvalue weighted by molar-refractivity contribution is 6.30. The molecule has 4 nitrogen and oxygen atoms in total. The molecule has 0 fully saturated rings. The summed E-state index contributed by atoms with van der Waals surface area (Å²) in [5.74, 6) is 0.946.